The summed E-state index contributed by atoms with van der Waals surface area (Å²) in [5, 5.41) is 10.2. The smallest absolute Gasteiger partial charge is 0.269 e. The average molecular weight is 349 g/mol. The molecule has 2 rings (SSSR count). The van der Waals surface area contributed by atoms with Crippen LogP contribution in [0, 0.1) is 10.1 Å². The Labute approximate surface area is 142 Å². The summed E-state index contributed by atoms with van der Waals surface area (Å²) in [5.41, 5.74) is 7.90. The second kappa shape index (κ2) is 8.42. The molecule has 6 nitrogen and oxygen atoms in total. The number of amides is 1. The van der Waals surface area contributed by atoms with Crippen molar-refractivity contribution in [2.75, 3.05) is 0 Å². The lowest BCUT2D eigenvalue weighted by atomic mass is 9.95. The van der Waals surface area contributed by atoms with Crippen molar-refractivity contribution in [2.24, 2.45) is 5.73 Å². The van der Waals surface area contributed by atoms with Crippen LogP contribution in [-0.2, 0) is 4.79 Å². The van der Waals surface area contributed by atoms with E-state index < -0.39 is 22.1 Å². The number of hydrogen-bond acceptors (Lipinski definition) is 5. The summed E-state index contributed by atoms with van der Waals surface area (Å²) in [4.78, 5) is 22.7. The van der Waals surface area contributed by atoms with Crippen LogP contribution >= 0.6 is 11.8 Å². The van der Waals surface area contributed by atoms with Crippen molar-refractivity contribution in [3.05, 3.63) is 70.3 Å². The monoisotopic (exact) mass is 349 g/mol. The van der Waals surface area contributed by atoms with Crippen molar-refractivity contribution in [3.8, 4) is 0 Å². The number of nitrogens with two attached hydrogens (primary N) is 1. The van der Waals surface area contributed by atoms with Crippen LogP contribution in [0.15, 0.2) is 59.5 Å². The number of hydrogen-bond donors (Lipinski definition) is 2. The summed E-state index contributed by atoms with van der Waals surface area (Å²) >= 11 is 1.27. The first-order valence-corrected chi connectivity index (χ1v) is 8.01. The molecule has 3 N–H and O–H groups in total. The minimum Gasteiger partial charge on any atom is -0.319 e. The zero-order valence-electron chi connectivity index (χ0n) is 12.6. The number of thioether (sulfide) groups is 1. The van der Waals surface area contributed by atoms with E-state index >= 15 is 0 Å². The molecule has 0 spiro atoms. The predicted molar refractivity (Wildman–Crippen MR) is 90.0 cm³/mol. The van der Waals surface area contributed by atoms with Gasteiger partial charge in [0.15, 0.2) is 0 Å². The highest BCUT2D eigenvalue weighted by Gasteiger charge is 2.24. The molecule has 8 heteroatoms. The van der Waals surface area contributed by atoms with Crippen molar-refractivity contribution in [1.29, 1.82) is 0 Å². The van der Waals surface area contributed by atoms with E-state index in [1.165, 1.54) is 29.4 Å². The Kier molecular flexibility index (Phi) is 6.28. The quantitative estimate of drug-likeness (QED) is 0.263. The van der Waals surface area contributed by atoms with Crippen molar-refractivity contribution < 1.29 is 14.2 Å². The molecule has 2 unspecified atom stereocenters. The summed E-state index contributed by atoms with van der Waals surface area (Å²) in [5.74, 6) is -1.46. The van der Waals surface area contributed by atoms with E-state index in [4.69, 9.17) is 5.73 Å². The normalized spacial score (nSPS) is 13.1. The Balaban J connectivity index is 2.06. The first-order chi connectivity index (χ1) is 11.5. The maximum Gasteiger partial charge on any atom is 0.269 e. The van der Waals surface area contributed by atoms with Crippen LogP contribution in [0.1, 0.15) is 17.9 Å². The van der Waals surface area contributed by atoms with Gasteiger partial charge >= 0.3 is 0 Å². The lowest BCUT2D eigenvalue weighted by Gasteiger charge is -2.19. The highest BCUT2D eigenvalue weighted by molar-refractivity contribution is 7.99. The molecule has 126 valence electrons. The molecular formula is C16H16FN3O3S. The van der Waals surface area contributed by atoms with Gasteiger partial charge in [0.25, 0.3) is 11.6 Å². The van der Waals surface area contributed by atoms with E-state index in [-0.39, 0.29) is 12.1 Å². The first kappa shape index (κ1) is 17.9. The van der Waals surface area contributed by atoms with E-state index in [1.54, 1.807) is 42.5 Å². The number of benzene rings is 2. The van der Waals surface area contributed by atoms with Gasteiger partial charge in [0, 0.05) is 17.0 Å². The Morgan fingerprint density at radius 1 is 1.21 bits per heavy atom. The number of carbonyl (C=O) groups is 1. The van der Waals surface area contributed by atoms with Gasteiger partial charge in [-0.15, -0.1) is 16.2 Å². The minimum absolute atomic E-state index is 0.00751. The second-order valence-corrected chi connectivity index (χ2v) is 6.38. The fourth-order valence-electron chi connectivity index (χ4n) is 2.25. The van der Waals surface area contributed by atoms with Crippen LogP contribution in [0.5, 0.6) is 0 Å². The minimum atomic E-state index is -0.749. The standard InChI is InChI=1S/C16H16FN3O3S/c17-19-16(21)14(11-4-2-1-3-5-11)10-15(18)24-13-8-6-12(7-9-13)20(22)23/h1-9,14-15H,10,18H2,(H,19,21). The van der Waals surface area contributed by atoms with Gasteiger partial charge in [-0.1, -0.05) is 30.3 Å². The van der Waals surface area contributed by atoms with Gasteiger partial charge < -0.3 is 5.73 Å². The third-order valence-corrected chi connectivity index (χ3v) is 4.45. The molecule has 0 bridgehead atoms. The second-order valence-electron chi connectivity index (χ2n) is 5.07. The maximum atomic E-state index is 12.6. The molecule has 0 fully saturated rings. The van der Waals surface area contributed by atoms with Gasteiger partial charge in [0.05, 0.1) is 16.2 Å². The SMILES string of the molecule is NC(CC(C(=O)NF)c1ccccc1)Sc1ccc([N+](=O)[O-])cc1. The maximum absolute atomic E-state index is 12.6. The fraction of sp³-hybridized carbons (Fsp3) is 0.188. The number of nitrogens with zero attached hydrogens (tertiary/aromatic N) is 1. The molecular weight excluding hydrogens is 333 g/mol. The highest BCUT2D eigenvalue weighted by atomic mass is 32.2. The summed E-state index contributed by atoms with van der Waals surface area (Å²) in [6.45, 7) is 0. The zero-order valence-corrected chi connectivity index (χ0v) is 13.4. The van der Waals surface area contributed by atoms with Crippen LogP contribution in [-0.4, -0.2) is 16.2 Å². The van der Waals surface area contributed by atoms with Gasteiger partial charge in [-0.05, 0) is 24.1 Å². The Hall–Kier alpha value is -2.45. The molecule has 2 atom stereocenters. The Morgan fingerprint density at radius 3 is 2.38 bits per heavy atom. The molecule has 0 aliphatic carbocycles. The molecule has 0 saturated carbocycles. The number of halogens is 1. The molecule has 2 aromatic carbocycles. The Morgan fingerprint density at radius 2 is 1.83 bits per heavy atom. The Bertz CT molecular complexity index is 697. The first-order valence-electron chi connectivity index (χ1n) is 7.13. The molecule has 0 aliphatic heterocycles. The molecule has 0 radical (unpaired) electrons. The van der Waals surface area contributed by atoms with Crippen LogP contribution in [0.2, 0.25) is 0 Å². The van der Waals surface area contributed by atoms with Crippen molar-refractivity contribution in [3.63, 3.8) is 0 Å². The van der Waals surface area contributed by atoms with Crippen molar-refractivity contribution in [2.45, 2.75) is 22.6 Å². The summed E-state index contributed by atoms with van der Waals surface area (Å²) in [7, 11) is 0. The van der Waals surface area contributed by atoms with Crippen molar-refractivity contribution in [1.82, 2.24) is 5.54 Å². The number of nitrogens with one attached hydrogen (secondary N) is 1. The summed E-state index contributed by atoms with van der Waals surface area (Å²) < 4.78 is 12.6. The van der Waals surface area contributed by atoms with Crippen LogP contribution < -0.4 is 11.3 Å². The number of nitro groups is 1. The molecule has 0 aromatic heterocycles. The van der Waals surface area contributed by atoms with Gasteiger partial charge in [0.1, 0.15) is 0 Å². The number of rotatable bonds is 7. The lowest BCUT2D eigenvalue weighted by molar-refractivity contribution is -0.384. The van der Waals surface area contributed by atoms with Gasteiger partial charge in [0.2, 0.25) is 0 Å². The average Bonchev–Trinajstić information content (AvgIpc) is 2.60. The lowest BCUT2D eigenvalue weighted by Crippen LogP contribution is -2.28. The predicted octanol–water partition coefficient (Wildman–Crippen LogP) is 3.15. The molecule has 24 heavy (non-hydrogen) atoms. The van der Waals surface area contributed by atoms with E-state index in [1.807, 2.05) is 0 Å². The topological polar surface area (TPSA) is 98.3 Å². The summed E-state index contributed by atoms with van der Waals surface area (Å²) in [6.07, 6.45) is 0.224. The zero-order chi connectivity index (χ0) is 17.5. The van der Waals surface area contributed by atoms with E-state index in [0.29, 0.717) is 5.56 Å². The number of non-ortho nitro benzene ring substituents is 1. The molecule has 0 saturated heterocycles. The van der Waals surface area contributed by atoms with Crippen molar-refractivity contribution >= 4 is 23.4 Å². The molecule has 2 aromatic rings. The molecule has 0 aliphatic rings. The van der Waals surface area contributed by atoms with Crippen LogP contribution in [0.25, 0.3) is 0 Å². The largest absolute Gasteiger partial charge is 0.319 e. The fourth-order valence-corrected chi connectivity index (χ4v) is 3.18. The third kappa shape index (κ3) is 4.77. The van der Waals surface area contributed by atoms with Gasteiger partial charge in [-0.3, -0.25) is 14.9 Å². The van der Waals surface area contributed by atoms with E-state index in [0.717, 1.165) is 4.90 Å². The van der Waals surface area contributed by atoms with E-state index in [9.17, 15) is 19.4 Å². The van der Waals surface area contributed by atoms with E-state index in [2.05, 4.69) is 0 Å². The highest BCUT2D eigenvalue weighted by Crippen LogP contribution is 2.30. The molecule has 1 amide bonds. The third-order valence-electron chi connectivity index (χ3n) is 3.41. The summed E-state index contributed by atoms with van der Waals surface area (Å²) in [6, 6.07) is 14.8. The van der Waals surface area contributed by atoms with Gasteiger partial charge in [-0.25, -0.2) is 0 Å². The van der Waals surface area contributed by atoms with Gasteiger partial charge in [-0.2, -0.15) is 5.54 Å². The number of nitro benzene ring substituents is 1. The van der Waals surface area contributed by atoms with Crippen LogP contribution in [0.3, 0.4) is 0 Å². The number of carbonyl (C=O) groups excluding carboxylic acids is 1. The van der Waals surface area contributed by atoms with Crippen LogP contribution in [0.4, 0.5) is 10.2 Å². The molecule has 0 heterocycles.